The van der Waals surface area contributed by atoms with Gasteiger partial charge in [0.15, 0.2) is 0 Å². The molecule has 2 aliphatic carbocycles. The van der Waals surface area contributed by atoms with Crippen LogP contribution < -0.4 is 10.5 Å². The second-order valence-electron chi connectivity index (χ2n) is 6.93. The number of fused-ring (bicyclic) bond motifs is 2. The third-order valence-corrected chi connectivity index (χ3v) is 6.25. The smallest absolute Gasteiger partial charge is 0.238 e. The van der Waals surface area contributed by atoms with Gasteiger partial charge in [0.1, 0.15) is 0 Å². The Labute approximate surface area is 137 Å². The van der Waals surface area contributed by atoms with Crippen LogP contribution in [0.15, 0.2) is 29.2 Å². The van der Waals surface area contributed by atoms with Crippen LogP contribution in [0.3, 0.4) is 0 Å². The third-order valence-electron chi connectivity index (χ3n) is 5.32. The van der Waals surface area contributed by atoms with Crippen molar-refractivity contribution in [3.8, 4) is 0 Å². The summed E-state index contributed by atoms with van der Waals surface area (Å²) in [6, 6.07) is 6.48. The van der Waals surface area contributed by atoms with E-state index in [1.54, 1.807) is 12.1 Å². The maximum Gasteiger partial charge on any atom is 0.238 e. The number of nitrogens with two attached hydrogens (primary N) is 1. The lowest BCUT2D eigenvalue weighted by atomic mass is 9.86. The number of hydrogen-bond acceptors (Lipinski definition) is 3. The normalized spacial score (nSPS) is 26.4. The molecule has 126 valence electrons. The highest BCUT2D eigenvalue weighted by Gasteiger charge is 2.39. The van der Waals surface area contributed by atoms with Crippen molar-refractivity contribution in [2.45, 2.75) is 43.4 Å². The summed E-state index contributed by atoms with van der Waals surface area (Å²) in [5.74, 6) is 2.37. The van der Waals surface area contributed by atoms with E-state index < -0.39 is 10.0 Å². The van der Waals surface area contributed by atoms with E-state index in [4.69, 9.17) is 5.14 Å². The van der Waals surface area contributed by atoms with E-state index in [-0.39, 0.29) is 10.8 Å². The van der Waals surface area contributed by atoms with Crippen molar-refractivity contribution in [3.05, 3.63) is 29.8 Å². The number of amides is 1. The minimum atomic E-state index is -3.64. The van der Waals surface area contributed by atoms with Crippen molar-refractivity contribution in [1.29, 1.82) is 0 Å². The van der Waals surface area contributed by atoms with E-state index in [1.165, 1.54) is 37.8 Å². The van der Waals surface area contributed by atoms with Gasteiger partial charge in [-0.1, -0.05) is 18.6 Å². The molecule has 2 fully saturated rings. The Hall–Kier alpha value is -1.40. The Morgan fingerprint density at radius 1 is 1.17 bits per heavy atom. The van der Waals surface area contributed by atoms with Gasteiger partial charge in [0, 0.05) is 13.0 Å². The molecule has 2 saturated carbocycles. The lowest BCUT2D eigenvalue weighted by Crippen LogP contribution is -2.29. The number of rotatable bonds is 6. The zero-order chi connectivity index (χ0) is 16.4. The molecule has 1 aromatic carbocycles. The van der Waals surface area contributed by atoms with Crippen LogP contribution in [0.5, 0.6) is 0 Å². The fourth-order valence-corrected chi connectivity index (χ4v) is 4.64. The molecule has 1 amide bonds. The number of carbonyl (C=O) groups is 1. The topological polar surface area (TPSA) is 89.3 Å². The molecule has 5 nitrogen and oxygen atoms in total. The zero-order valence-corrected chi connectivity index (χ0v) is 14.0. The highest BCUT2D eigenvalue weighted by Crippen LogP contribution is 2.49. The second kappa shape index (κ2) is 6.61. The van der Waals surface area contributed by atoms with Gasteiger partial charge in [0.2, 0.25) is 15.9 Å². The molecular weight excluding hydrogens is 312 g/mol. The van der Waals surface area contributed by atoms with E-state index in [1.807, 2.05) is 0 Å². The van der Waals surface area contributed by atoms with Crippen LogP contribution in [0.4, 0.5) is 0 Å². The summed E-state index contributed by atoms with van der Waals surface area (Å²) in [6.45, 7) is 0.578. The van der Waals surface area contributed by atoms with Crippen molar-refractivity contribution in [2.24, 2.45) is 22.9 Å². The van der Waals surface area contributed by atoms with E-state index in [0.717, 1.165) is 17.4 Å². The average molecular weight is 336 g/mol. The van der Waals surface area contributed by atoms with Gasteiger partial charge in [-0.25, -0.2) is 13.6 Å². The number of nitrogens with one attached hydrogen (secondary N) is 1. The number of carbonyl (C=O) groups excluding carboxylic acids is 1. The lowest BCUT2D eigenvalue weighted by Gasteiger charge is -2.20. The first-order valence-corrected chi connectivity index (χ1v) is 9.85. The number of primary sulfonamides is 1. The second-order valence-corrected chi connectivity index (χ2v) is 8.49. The molecule has 23 heavy (non-hydrogen) atoms. The largest absolute Gasteiger partial charge is 0.356 e. The van der Waals surface area contributed by atoms with Gasteiger partial charge >= 0.3 is 0 Å². The summed E-state index contributed by atoms with van der Waals surface area (Å²) in [4.78, 5) is 12.2. The first kappa shape index (κ1) is 16.5. The van der Waals surface area contributed by atoms with E-state index >= 15 is 0 Å². The molecule has 0 unspecified atom stereocenters. The molecule has 0 radical (unpaired) electrons. The predicted molar refractivity (Wildman–Crippen MR) is 88.1 cm³/mol. The summed E-state index contributed by atoms with van der Waals surface area (Å²) in [5.41, 5.74) is 0.984. The molecule has 2 bridgehead atoms. The molecule has 0 saturated heterocycles. The Morgan fingerprint density at radius 3 is 2.48 bits per heavy atom. The third kappa shape index (κ3) is 4.12. The molecule has 3 atom stereocenters. The predicted octanol–water partition coefficient (Wildman–Crippen LogP) is 1.82. The summed E-state index contributed by atoms with van der Waals surface area (Å²) in [7, 11) is -3.64. The average Bonchev–Trinajstić information content (AvgIpc) is 3.09. The standard InChI is InChI=1S/C17H24N2O3S/c18-23(21,22)16-5-2-12(3-6-16)7-8-19-17(20)11-15-10-13-1-4-14(15)9-13/h2-3,5-6,13-15H,1,4,7-11H2,(H,19,20)(H2,18,21,22)/t13-,14-,15+/m1/s1. The zero-order valence-electron chi connectivity index (χ0n) is 13.2. The summed E-state index contributed by atoms with van der Waals surface area (Å²) < 4.78 is 22.4. The summed E-state index contributed by atoms with van der Waals surface area (Å²) in [5, 5.41) is 8.05. The lowest BCUT2D eigenvalue weighted by molar-refractivity contribution is -0.122. The quantitative estimate of drug-likeness (QED) is 0.830. The van der Waals surface area contributed by atoms with Gasteiger partial charge < -0.3 is 5.32 Å². The minimum absolute atomic E-state index is 0.113. The van der Waals surface area contributed by atoms with Gasteiger partial charge in [0.05, 0.1) is 4.90 Å². The Morgan fingerprint density at radius 2 is 1.91 bits per heavy atom. The highest BCUT2D eigenvalue weighted by molar-refractivity contribution is 7.89. The van der Waals surface area contributed by atoms with Gasteiger partial charge in [-0.3, -0.25) is 4.79 Å². The molecule has 0 heterocycles. The molecule has 0 aliphatic heterocycles. The maximum absolute atomic E-state index is 12.0. The Bertz CT molecular complexity index is 670. The van der Waals surface area contributed by atoms with Gasteiger partial charge in [-0.2, -0.15) is 0 Å². The van der Waals surface area contributed by atoms with E-state index in [9.17, 15) is 13.2 Å². The van der Waals surface area contributed by atoms with Crippen LogP contribution in [0.1, 0.15) is 37.7 Å². The van der Waals surface area contributed by atoms with Gasteiger partial charge in [0.25, 0.3) is 0 Å². The monoisotopic (exact) mass is 336 g/mol. The summed E-state index contributed by atoms with van der Waals surface area (Å²) in [6.07, 6.45) is 6.57. The fraction of sp³-hybridized carbons (Fsp3) is 0.588. The molecule has 2 aliphatic rings. The minimum Gasteiger partial charge on any atom is -0.356 e. The van der Waals surface area contributed by atoms with Crippen molar-refractivity contribution in [1.82, 2.24) is 5.32 Å². The van der Waals surface area contributed by atoms with Crippen LogP contribution in [-0.2, 0) is 21.2 Å². The van der Waals surface area contributed by atoms with Gasteiger partial charge in [-0.15, -0.1) is 0 Å². The van der Waals surface area contributed by atoms with Gasteiger partial charge in [-0.05, 0) is 61.1 Å². The van der Waals surface area contributed by atoms with Crippen LogP contribution >= 0.6 is 0 Å². The van der Waals surface area contributed by atoms with Crippen LogP contribution in [0, 0.1) is 17.8 Å². The number of sulfonamides is 1. The van der Waals surface area contributed by atoms with Crippen molar-refractivity contribution >= 4 is 15.9 Å². The Kier molecular flexibility index (Phi) is 4.73. The molecule has 3 N–H and O–H groups in total. The van der Waals surface area contributed by atoms with Crippen molar-refractivity contribution in [2.75, 3.05) is 6.54 Å². The van der Waals surface area contributed by atoms with E-state index in [0.29, 0.717) is 25.3 Å². The van der Waals surface area contributed by atoms with Crippen LogP contribution in [0.2, 0.25) is 0 Å². The molecule has 1 aromatic rings. The van der Waals surface area contributed by atoms with Crippen molar-refractivity contribution < 1.29 is 13.2 Å². The molecule has 0 aromatic heterocycles. The number of hydrogen-bond donors (Lipinski definition) is 2. The first-order chi connectivity index (χ1) is 10.9. The first-order valence-electron chi connectivity index (χ1n) is 8.30. The maximum atomic E-state index is 12.0. The number of benzene rings is 1. The highest BCUT2D eigenvalue weighted by atomic mass is 32.2. The summed E-state index contributed by atoms with van der Waals surface area (Å²) >= 11 is 0. The molecule has 6 heteroatoms. The van der Waals surface area contributed by atoms with Crippen LogP contribution in [-0.4, -0.2) is 20.9 Å². The van der Waals surface area contributed by atoms with Crippen molar-refractivity contribution in [3.63, 3.8) is 0 Å². The fourth-order valence-electron chi connectivity index (χ4n) is 4.13. The van der Waals surface area contributed by atoms with Crippen LogP contribution in [0.25, 0.3) is 0 Å². The molecule has 3 rings (SSSR count). The molecular formula is C17H24N2O3S. The van der Waals surface area contributed by atoms with E-state index in [2.05, 4.69) is 5.32 Å². The SMILES string of the molecule is NS(=O)(=O)c1ccc(CCNC(=O)C[C@@H]2C[C@@H]3CC[C@@H]2C3)cc1. The molecule has 0 spiro atoms. The Balaban J connectivity index is 1.41.